The summed E-state index contributed by atoms with van der Waals surface area (Å²) in [4.78, 5) is 8.62. The van der Waals surface area contributed by atoms with Gasteiger partial charge in [-0.15, -0.1) is 0 Å². The smallest absolute Gasteiger partial charge is 0.222 e. The zero-order valence-corrected chi connectivity index (χ0v) is 12.8. The van der Waals surface area contributed by atoms with Crippen molar-refractivity contribution in [1.82, 2.24) is 9.97 Å². The van der Waals surface area contributed by atoms with E-state index in [1.165, 1.54) is 0 Å². The van der Waals surface area contributed by atoms with Crippen LogP contribution >= 0.6 is 0 Å². The minimum atomic E-state index is 0.186. The molecule has 20 heavy (non-hydrogen) atoms. The Labute approximate surface area is 121 Å². The normalized spacial score (nSPS) is 22.9. The molecule has 0 saturated heterocycles. The summed E-state index contributed by atoms with van der Waals surface area (Å²) in [6, 6.07) is 0. The number of ether oxygens (including phenoxy) is 2. The molecule has 0 amide bonds. The van der Waals surface area contributed by atoms with Crippen LogP contribution in [0.3, 0.4) is 0 Å². The number of nitrogens with zero attached hydrogens (tertiary/aromatic N) is 2. The van der Waals surface area contributed by atoms with Crippen LogP contribution in [0.15, 0.2) is 6.33 Å². The number of hydrogen-bond acceptors (Lipinski definition) is 5. The summed E-state index contributed by atoms with van der Waals surface area (Å²) in [7, 11) is 3.65. The summed E-state index contributed by atoms with van der Waals surface area (Å²) >= 11 is 0. The average Bonchev–Trinajstić information content (AvgIpc) is 2.46. The number of hydrogen-bond donors (Lipinski definition) is 1. The van der Waals surface area contributed by atoms with E-state index in [1.54, 1.807) is 13.4 Å². The summed E-state index contributed by atoms with van der Waals surface area (Å²) in [5.41, 5.74) is 1.05. The Morgan fingerprint density at radius 3 is 2.65 bits per heavy atom. The van der Waals surface area contributed by atoms with Crippen molar-refractivity contribution in [3.63, 3.8) is 0 Å². The Kier molecular flexibility index (Phi) is 5.17. The van der Waals surface area contributed by atoms with Gasteiger partial charge in [-0.05, 0) is 25.2 Å². The number of methoxy groups -OCH3 is 1. The zero-order valence-electron chi connectivity index (χ0n) is 12.8. The molecule has 1 heterocycles. The third-order valence-electron chi connectivity index (χ3n) is 3.85. The van der Waals surface area contributed by atoms with Gasteiger partial charge in [0.1, 0.15) is 18.2 Å². The average molecular weight is 279 g/mol. The molecule has 1 aliphatic rings. The van der Waals surface area contributed by atoms with Crippen molar-refractivity contribution in [2.45, 2.75) is 57.7 Å². The maximum Gasteiger partial charge on any atom is 0.222 e. The largest absolute Gasteiger partial charge is 0.474 e. The Morgan fingerprint density at radius 2 is 2.00 bits per heavy atom. The zero-order chi connectivity index (χ0) is 14.5. The third kappa shape index (κ3) is 3.39. The first-order valence-corrected chi connectivity index (χ1v) is 7.37. The predicted octanol–water partition coefficient (Wildman–Crippen LogP) is 2.98. The van der Waals surface area contributed by atoms with Gasteiger partial charge in [-0.3, -0.25) is 0 Å². The fourth-order valence-corrected chi connectivity index (χ4v) is 2.77. The van der Waals surface area contributed by atoms with Gasteiger partial charge in [-0.1, -0.05) is 13.8 Å². The van der Waals surface area contributed by atoms with Crippen molar-refractivity contribution >= 4 is 5.82 Å². The molecule has 5 nitrogen and oxygen atoms in total. The highest BCUT2D eigenvalue weighted by molar-refractivity contribution is 5.50. The molecule has 0 radical (unpaired) electrons. The molecule has 1 N–H and O–H groups in total. The fourth-order valence-electron chi connectivity index (χ4n) is 2.77. The first kappa shape index (κ1) is 15.0. The molecule has 1 aromatic rings. The Balaban J connectivity index is 2.16. The van der Waals surface area contributed by atoms with E-state index < -0.39 is 0 Å². The topological polar surface area (TPSA) is 56.3 Å². The van der Waals surface area contributed by atoms with Crippen LogP contribution < -0.4 is 10.1 Å². The number of nitrogens with one attached hydrogen (secondary N) is 1. The second-order valence-corrected chi connectivity index (χ2v) is 5.61. The van der Waals surface area contributed by atoms with Crippen molar-refractivity contribution in [2.75, 3.05) is 19.5 Å². The summed E-state index contributed by atoms with van der Waals surface area (Å²) in [5, 5.41) is 3.12. The lowest BCUT2D eigenvalue weighted by Gasteiger charge is -2.29. The van der Waals surface area contributed by atoms with E-state index in [0.29, 0.717) is 17.9 Å². The minimum Gasteiger partial charge on any atom is -0.474 e. The second kappa shape index (κ2) is 6.88. The lowest BCUT2D eigenvalue weighted by molar-refractivity contribution is 0.0191. The van der Waals surface area contributed by atoms with E-state index in [-0.39, 0.29) is 6.10 Å². The molecule has 1 aliphatic carbocycles. The lowest BCUT2D eigenvalue weighted by Crippen LogP contribution is -2.30. The summed E-state index contributed by atoms with van der Waals surface area (Å²) in [6.07, 6.45) is 6.32. The highest BCUT2D eigenvalue weighted by atomic mass is 16.5. The van der Waals surface area contributed by atoms with Crippen molar-refractivity contribution in [2.24, 2.45) is 0 Å². The molecule has 0 spiro atoms. The molecule has 2 rings (SSSR count). The minimum absolute atomic E-state index is 0.186. The molecular formula is C15H25N3O2. The maximum absolute atomic E-state index is 6.15. The van der Waals surface area contributed by atoms with Crippen molar-refractivity contribution in [3.05, 3.63) is 11.9 Å². The number of rotatable bonds is 5. The van der Waals surface area contributed by atoms with Gasteiger partial charge in [0.25, 0.3) is 0 Å². The van der Waals surface area contributed by atoms with Crippen molar-refractivity contribution < 1.29 is 9.47 Å². The van der Waals surface area contributed by atoms with Gasteiger partial charge in [0, 0.05) is 20.6 Å². The number of aromatic nitrogens is 2. The SMILES string of the molecule is CNc1ncnc(OC2CCCC(OC)C2)c1C(C)C. The van der Waals surface area contributed by atoms with E-state index in [1.807, 2.05) is 7.05 Å². The monoisotopic (exact) mass is 279 g/mol. The summed E-state index contributed by atoms with van der Waals surface area (Å²) < 4.78 is 11.6. The molecule has 1 saturated carbocycles. The third-order valence-corrected chi connectivity index (χ3v) is 3.85. The van der Waals surface area contributed by atoms with Crippen molar-refractivity contribution in [1.29, 1.82) is 0 Å². The van der Waals surface area contributed by atoms with E-state index in [4.69, 9.17) is 9.47 Å². The van der Waals surface area contributed by atoms with Gasteiger partial charge >= 0.3 is 0 Å². The molecule has 2 unspecified atom stereocenters. The Morgan fingerprint density at radius 1 is 1.25 bits per heavy atom. The molecule has 0 aliphatic heterocycles. The first-order chi connectivity index (χ1) is 9.65. The standard InChI is InChI=1S/C15H25N3O2/c1-10(2)13-14(16-3)17-9-18-15(13)20-12-7-5-6-11(8-12)19-4/h9-12H,5-8H2,1-4H3,(H,16,17,18). The molecular weight excluding hydrogens is 254 g/mol. The van der Waals surface area contributed by atoms with Crippen LogP contribution in [0.4, 0.5) is 5.82 Å². The van der Waals surface area contributed by atoms with Gasteiger partial charge < -0.3 is 14.8 Å². The van der Waals surface area contributed by atoms with E-state index in [9.17, 15) is 0 Å². The molecule has 1 fully saturated rings. The quantitative estimate of drug-likeness (QED) is 0.898. The second-order valence-electron chi connectivity index (χ2n) is 5.61. The first-order valence-electron chi connectivity index (χ1n) is 7.37. The summed E-state index contributed by atoms with van der Waals surface area (Å²) in [6.45, 7) is 4.26. The number of anilines is 1. The van der Waals surface area contributed by atoms with Crippen molar-refractivity contribution in [3.8, 4) is 5.88 Å². The molecule has 2 atom stereocenters. The van der Waals surface area contributed by atoms with Gasteiger partial charge in [0.15, 0.2) is 0 Å². The fraction of sp³-hybridized carbons (Fsp3) is 0.733. The van der Waals surface area contributed by atoms with E-state index in [2.05, 4.69) is 29.1 Å². The van der Waals surface area contributed by atoms with Crippen LogP contribution in [0.5, 0.6) is 5.88 Å². The van der Waals surface area contributed by atoms with Gasteiger partial charge in [-0.25, -0.2) is 9.97 Å². The van der Waals surface area contributed by atoms with Crippen LogP contribution in [0, 0.1) is 0 Å². The summed E-state index contributed by atoms with van der Waals surface area (Å²) in [5.74, 6) is 1.88. The maximum atomic E-state index is 6.15. The predicted molar refractivity (Wildman–Crippen MR) is 79.3 cm³/mol. The highest BCUT2D eigenvalue weighted by Gasteiger charge is 2.25. The van der Waals surface area contributed by atoms with Crippen LogP contribution in [-0.2, 0) is 4.74 Å². The molecule has 1 aromatic heterocycles. The van der Waals surface area contributed by atoms with Crippen LogP contribution in [-0.4, -0.2) is 36.3 Å². The molecule has 5 heteroatoms. The van der Waals surface area contributed by atoms with Gasteiger partial charge in [-0.2, -0.15) is 0 Å². The van der Waals surface area contributed by atoms with Gasteiger partial charge in [0.2, 0.25) is 5.88 Å². The lowest BCUT2D eigenvalue weighted by atomic mass is 9.95. The Bertz CT molecular complexity index is 437. The molecule has 112 valence electrons. The Hall–Kier alpha value is -1.36. The van der Waals surface area contributed by atoms with Crippen LogP contribution in [0.1, 0.15) is 51.0 Å². The highest BCUT2D eigenvalue weighted by Crippen LogP contribution is 2.32. The molecule has 0 bridgehead atoms. The molecule has 0 aromatic carbocycles. The van der Waals surface area contributed by atoms with E-state index in [0.717, 1.165) is 37.1 Å². The van der Waals surface area contributed by atoms with Crippen LogP contribution in [0.2, 0.25) is 0 Å². The van der Waals surface area contributed by atoms with Crippen LogP contribution in [0.25, 0.3) is 0 Å². The van der Waals surface area contributed by atoms with E-state index >= 15 is 0 Å². The van der Waals surface area contributed by atoms with Gasteiger partial charge in [0.05, 0.1) is 11.7 Å².